The van der Waals surface area contributed by atoms with Crippen molar-refractivity contribution in [3.63, 3.8) is 0 Å². The minimum Gasteiger partial charge on any atom is -0.458 e. The molecule has 1 atom stereocenters. The highest BCUT2D eigenvalue weighted by Crippen LogP contribution is 2.34. The molecule has 0 aliphatic rings. The summed E-state index contributed by atoms with van der Waals surface area (Å²) in [6.07, 6.45) is 0. The van der Waals surface area contributed by atoms with Crippen LogP contribution in [0.15, 0.2) is 44.6 Å². The molecule has 0 bridgehead atoms. The van der Waals surface area contributed by atoms with Gasteiger partial charge in [-0.25, -0.2) is 5.43 Å². The summed E-state index contributed by atoms with van der Waals surface area (Å²) in [5.74, 6) is 6.54. The second kappa shape index (κ2) is 5.09. The highest BCUT2D eigenvalue weighted by atomic mass is 79.9. The van der Waals surface area contributed by atoms with Gasteiger partial charge in [-0.2, -0.15) is 0 Å². The van der Waals surface area contributed by atoms with E-state index in [0.717, 1.165) is 21.2 Å². The Bertz CT molecular complexity index is 719. The number of furan rings is 1. The van der Waals surface area contributed by atoms with E-state index in [0.29, 0.717) is 0 Å². The Hall–Kier alpha value is -1.14. The second-order valence-electron chi connectivity index (χ2n) is 4.37. The first-order valence-electron chi connectivity index (χ1n) is 5.89. The number of rotatable bonds is 3. The Kier molecular flexibility index (Phi) is 3.45. The molecule has 3 aromatic rings. The van der Waals surface area contributed by atoms with Gasteiger partial charge in [0, 0.05) is 10.3 Å². The lowest BCUT2D eigenvalue weighted by molar-refractivity contribution is 0.479. The first kappa shape index (κ1) is 12.9. The van der Waals surface area contributed by atoms with Gasteiger partial charge in [0.15, 0.2) is 0 Å². The SMILES string of the molecule is Cc1ccsc1C(NN)c1cc2cccc(Br)c2o1. The Morgan fingerprint density at radius 1 is 1.37 bits per heavy atom. The summed E-state index contributed by atoms with van der Waals surface area (Å²) in [4.78, 5) is 1.18. The van der Waals surface area contributed by atoms with Crippen molar-refractivity contribution in [1.82, 2.24) is 5.43 Å². The number of hydrogen-bond donors (Lipinski definition) is 2. The Morgan fingerprint density at radius 2 is 2.21 bits per heavy atom. The summed E-state index contributed by atoms with van der Waals surface area (Å²) in [7, 11) is 0. The van der Waals surface area contributed by atoms with Gasteiger partial charge < -0.3 is 4.42 Å². The molecule has 0 radical (unpaired) electrons. The summed E-state index contributed by atoms with van der Waals surface area (Å²) >= 11 is 5.18. The maximum Gasteiger partial charge on any atom is 0.148 e. The van der Waals surface area contributed by atoms with E-state index in [9.17, 15) is 0 Å². The normalized spacial score (nSPS) is 13.0. The molecule has 1 aromatic carbocycles. The Labute approximate surface area is 123 Å². The molecular weight excluding hydrogens is 324 g/mol. The van der Waals surface area contributed by atoms with E-state index in [1.54, 1.807) is 11.3 Å². The van der Waals surface area contributed by atoms with Crippen molar-refractivity contribution < 1.29 is 4.42 Å². The number of nitrogens with two attached hydrogens (primary N) is 1. The first-order valence-corrected chi connectivity index (χ1v) is 7.56. The summed E-state index contributed by atoms with van der Waals surface area (Å²) in [6, 6.07) is 10.00. The van der Waals surface area contributed by atoms with Crippen molar-refractivity contribution in [1.29, 1.82) is 0 Å². The molecule has 3 N–H and O–H groups in total. The van der Waals surface area contributed by atoms with Gasteiger partial charge in [-0.15, -0.1) is 11.3 Å². The standard InChI is InChI=1S/C14H13BrN2OS/c1-8-5-6-19-14(8)12(17-16)11-7-9-3-2-4-10(15)13(9)18-11/h2-7,12,17H,16H2,1H3. The van der Waals surface area contributed by atoms with Gasteiger partial charge in [0.1, 0.15) is 17.4 Å². The van der Waals surface area contributed by atoms with Crippen molar-refractivity contribution in [3.8, 4) is 0 Å². The molecule has 5 heteroatoms. The molecule has 0 aliphatic heterocycles. The zero-order chi connectivity index (χ0) is 13.4. The highest BCUT2D eigenvalue weighted by molar-refractivity contribution is 9.10. The molecule has 0 spiro atoms. The van der Waals surface area contributed by atoms with Gasteiger partial charge in [-0.3, -0.25) is 5.84 Å². The molecule has 0 aliphatic carbocycles. The maximum absolute atomic E-state index is 5.95. The number of thiophene rings is 1. The fraction of sp³-hybridized carbons (Fsp3) is 0.143. The lowest BCUT2D eigenvalue weighted by Gasteiger charge is -2.12. The smallest absolute Gasteiger partial charge is 0.148 e. The van der Waals surface area contributed by atoms with Crippen LogP contribution < -0.4 is 11.3 Å². The maximum atomic E-state index is 5.95. The predicted octanol–water partition coefficient (Wildman–Crippen LogP) is 4.12. The summed E-state index contributed by atoms with van der Waals surface area (Å²) < 4.78 is 6.90. The number of aryl methyl sites for hydroxylation is 1. The van der Waals surface area contributed by atoms with Gasteiger partial charge in [-0.05, 0) is 52.0 Å². The third-order valence-corrected chi connectivity index (χ3v) is 4.84. The summed E-state index contributed by atoms with van der Waals surface area (Å²) in [6.45, 7) is 2.08. The highest BCUT2D eigenvalue weighted by Gasteiger charge is 2.20. The molecule has 0 amide bonds. The van der Waals surface area contributed by atoms with Crippen LogP contribution in [-0.4, -0.2) is 0 Å². The van der Waals surface area contributed by atoms with Crippen LogP contribution in [0.2, 0.25) is 0 Å². The van der Waals surface area contributed by atoms with Crippen molar-refractivity contribution >= 4 is 38.2 Å². The Morgan fingerprint density at radius 3 is 2.84 bits per heavy atom. The van der Waals surface area contributed by atoms with Gasteiger partial charge >= 0.3 is 0 Å². The minimum atomic E-state index is -0.112. The molecular formula is C14H13BrN2OS. The van der Waals surface area contributed by atoms with E-state index in [1.165, 1.54) is 10.4 Å². The van der Waals surface area contributed by atoms with Crippen LogP contribution >= 0.6 is 27.3 Å². The van der Waals surface area contributed by atoms with E-state index in [1.807, 2.05) is 24.3 Å². The number of hydrogen-bond acceptors (Lipinski definition) is 4. The van der Waals surface area contributed by atoms with Gasteiger partial charge in [0.2, 0.25) is 0 Å². The molecule has 2 aromatic heterocycles. The quantitative estimate of drug-likeness (QED) is 0.558. The van der Waals surface area contributed by atoms with E-state index in [4.69, 9.17) is 10.3 Å². The number of halogens is 1. The molecule has 0 saturated carbocycles. The molecule has 3 nitrogen and oxygen atoms in total. The fourth-order valence-corrected chi connectivity index (χ4v) is 3.61. The zero-order valence-electron chi connectivity index (χ0n) is 10.3. The number of benzene rings is 1. The molecule has 19 heavy (non-hydrogen) atoms. The van der Waals surface area contributed by atoms with Crippen LogP contribution in [0.3, 0.4) is 0 Å². The van der Waals surface area contributed by atoms with E-state index >= 15 is 0 Å². The molecule has 0 saturated heterocycles. The average Bonchev–Trinajstić information content (AvgIpc) is 2.99. The van der Waals surface area contributed by atoms with Gasteiger partial charge in [0.25, 0.3) is 0 Å². The van der Waals surface area contributed by atoms with Crippen molar-refractivity contribution in [2.45, 2.75) is 13.0 Å². The zero-order valence-corrected chi connectivity index (χ0v) is 12.7. The van der Waals surface area contributed by atoms with Crippen LogP contribution in [0.4, 0.5) is 0 Å². The van der Waals surface area contributed by atoms with Crippen molar-refractivity contribution in [3.05, 3.63) is 56.4 Å². The lowest BCUT2D eigenvalue weighted by atomic mass is 10.1. The van der Waals surface area contributed by atoms with E-state index in [-0.39, 0.29) is 6.04 Å². The third kappa shape index (κ3) is 2.23. The molecule has 3 rings (SSSR count). The molecule has 2 heterocycles. The number of para-hydroxylation sites is 1. The average molecular weight is 337 g/mol. The lowest BCUT2D eigenvalue weighted by Crippen LogP contribution is -2.28. The van der Waals surface area contributed by atoms with Crippen LogP contribution in [0.5, 0.6) is 0 Å². The minimum absolute atomic E-state index is 0.112. The van der Waals surface area contributed by atoms with Gasteiger partial charge in [0.05, 0.1) is 4.47 Å². The predicted molar refractivity (Wildman–Crippen MR) is 82.1 cm³/mol. The molecule has 98 valence electrons. The molecule has 0 fully saturated rings. The van der Waals surface area contributed by atoms with E-state index in [2.05, 4.69) is 39.7 Å². The number of hydrazine groups is 1. The topological polar surface area (TPSA) is 51.2 Å². The summed E-state index contributed by atoms with van der Waals surface area (Å²) in [5, 5.41) is 3.13. The fourth-order valence-electron chi connectivity index (χ4n) is 2.16. The monoisotopic (exact) mass is 336 g/mol. The molecule has 1 unspecified atom stereocenters. The summed E-state index contributed by atoms with van der Waals surface area (Å²) in [5.41, 5.74) is 4.91. The first-order chi connectivity index (χ1) is 9.20. The number of nitrogens with one attached hydrogen (secondary N) is 1. The number of fused-ring (bicyclic) bond motifs is 1. The van der Waals surface area contributed by atoms with Crippen LogP contribution in [-0.2, 0) is 0 Å². The van der Waals surface area contributed by atoms with Crippen LogP contribution in [0.25, 0.3) is 11.0 Å². The van der Waals surface area contributed by atoms with Crippen molar-refractivity contribution in [2.24, 2.45) is 5.84 Å². The van der Waals surface area contributed by atoms with Gasteiger partial charge in [-0.1, -0.05) is 12.1 Å². The van der Waals surface area contributed by atoms with Crippen molar-refractivity contribution in [2.75, 3.05) is 0 Å². The second-order valence-corrected chi connectivity index (χ2v) is 6.18. The van der Waals surface area contributed by atoms with Crippen LogP contribution in [0, 0.1) is 6.92 Å². The third-order valence-electron chi connectivity index (χ3n) is 3.13. The van der Waals surface area contributed by atoms with E-state index < -0.39 is 0 Å². The Balaban J connectivity index is 2.12. The largest absolute Gasteiger partial charge is 0.458 e. The van der Waals surface area contributed by atoms with Crippen LogP contribution in [0.1, 0.15) is 22.2 Å².